The van der Waals surface area contributed by atoms with E-state index in [9.17, 15) is 25.1 Å². The van der Waals surface area contributed by atoms with E-state index in [0.29, 0.717) is 68.4 Å². The molecular formula is C51H65N3O12. The largest absolute Gasteiger partial charge is 0.459 e. The van der Waals surface area contributed by atoms with E-state index in [0.717, 1.165) is 55.2 Å². The van der Waals surface area contributed by atoms with Gasteiger partial charge >= 0.3 is 6.09 Å². The van der Waals surface area contributed by atoms with Gasteiger partial charge in [0.1, 0.15) is 29.9 Å². The Morgan fingerprint density at radius 3 is 2.55 bits per heavy atom. The molecule has 0 bridgehead atoms. The molecule has 1 saturated heterocycles. The van der Waals surface area contributed by atoms with Gasteiger partial charge in [0.15, 0.2) is 0 Å². The van der Waals surface area contributed by atoms with Crippen LogP contribution in [0.5, 0.6) is 17.2 Å². The molecule has 3 aromatic carbocycles. The Kier molecular flexibility index (Phi) is 17.6. The third-order valence-corrected chi connectivity index (χ3v) is 13.0. The van der Waals surface area contributed by atoms with Crippen LogP contribution in [0.2, 0.25) is 0 Å². The number of non-ortho nitro benzene ring substituents is 1. The van der Waals surface area contributed by atoms with Crippen LogP contribution in [-0.2, 0) is 30.4 Å². The molecule has 15 nitrogen and oxygen atoms in total. The number of rotatable bonds is 24. The Bertz CT molecular complexity index is 2130. The standard InChI is InChI=1S/C51H65N3O12/c1-3-24-53(50(57)62-30-29-60-35-36-15-6-5-7-16-36)46-34-44(52-66-47-21-10-13-28-61-47)42-31-37(17-8-11-25-55)41(20-9-12-26-56)48-43-33-40(64-39-19-14-18-38(32-39)54(58)59)22-23-45(43)65-51(46,49(42)48)63-27-4-2/h4-7,14-16,18-19,22-23,31-33,37,41,46-49,55-56H,2-3,8-13,17,20-21,24-30,34-35H2,1H3. The molecule has 2 fully saturated rings. The molecule has 0 radical (unpaired) electrons. The van der Waals surface area contributed by atoms with E-state index in [-0.39, 0.29) is 62.9 Å². The highest BCUT2D eigenvalue weighted by molar-refractivity contribution is 6.03. The molecule has 356 valence electrons. The summed E-state index contributed by atoms with van der Waals surface area (Å²) >= 11 is 0. The summed E-state index contributed by atoms with van der Waals surface area (Å²) in [5.41, 5.74) is 3.31. The van der Waals surface area contributed by atoms with Gasteiger partial charge in [-0.2, -0.15) is 0 Å². The number of carbonyl (C=O) groups excluding carboxylic acids is 1. The highest BCUT2D eigenvalue weighted by atomic mass is 16.8. The summed E-state index contributed by atoms with van der Waals surface area (Å²) < 4.78 is 38.6. The van der Waals surface area contributed by atoms with Gasteiger partial charge in [-0.25, -0.2) is 4.79 Å². The highest BCUT2D eigenvalue weighted by Crippen LogP contribution is 2.62. The number of hydrogen-bond donors (Lipinski definition) is 2. The molecule has 7 atom stereocenters. The van der Waals surface area contributed by atoms with Gasteiger partial charge in [-0.1, -0.05) is 73.5 Å². The fraction of sp³-hybridized carbons (Fsp3) is 0.529. The summed E-state index contributed by atoms with van der Waals surface area (Å²) in [7, 11) is 0. The first-order chi connectivity index (χ1) is 32.3. The third kappa shape index (κ3) is 11.6. The van der Waals surface area contributed by atoms with Crippen molar-refractivity contribution in [3.05, 3.63) is 118 Å². The number of ether oxygens (including phenoxy) is 6. The van der Waals surface area contributed by atoms with Crippen LogP contribution < -0.4 is 9.47 Å². The van der Waals surface area contributed by atoms with E-state index < -0.39 is 35.1 Å². The monoisotopic (exact) mass is 911 g/mol. The van der Waals surface area contributed by atoms with Crippen LogP contribution in [-0.4, -0.2) is 96.1 Å². The summed E-state index contributed by atoms with van der Waals surface area (Å²) in [4.78, 5) is 33.8. The Morgan fingerprint density at radius 2 is 1.80 bits per heavy atom. The quantitative estimate of drug-likeness (QED) is 0.0377. The van der Waals surface area contributed by atoms with E-state index in [1.54, 1.807) is 29.2 Å². The molecule has 3 aromatic rings. The van der Waals surface area contributed by atoms with Crippen LogP contribution in [0.4, 0.5) is 10.5 Å². The Labute approximate surface area is 387 Å². The fourth-order valence-corrected chi connectivity index (χ4v) is 10.1. The zero-order valence-corrected chi connectivity index (χ0v) is 38.0. The minimum atomic E-state index is -1.48. The molecule has 0 aromatic heterocycles. The lowest BCUT2D eigenvalue weighted by molar-refractivity contribution is -0.384. The van der Waals surface area contributed by atoms with Crippen LogP contribution in [0.3, 0.4) is 0 Å². The molecule has 2 aliphatic carbocycles. The van der Waals surface area contributed by atoms with E-state index in [1.165, 1.54) is 12.1 Å². The molecule has 2 heterocycles. The predicted octanol–water partition coefficient (Wildman–Crippen LogP) is 9.61. The summed E-state index contributed by atoms with van der Waals surface area (Å²) in [5, 5.41) is 36.5. The average molecular weight is 912 g/mol. The first kappa shape index (κ1) is 48.6. The number of aliphatic hydroxyl groups is 2. The Hall–Kier alpha value is -5.32. The number of nitro benzene ring substituents is 1. The number of benzene rings is 3. The maximum Gasteiger partial charge on any atom is 0.410 e. The van der Waals surface area contributed by atoms with E-state index in [4.69, 9.17) is 38.4 Å². The van der Waals surface area contributed by atoms with Crippen LogP contribution >= 0.6 is 0 Å². The van der Waals surface area contributed by atoms with Gasteiger partial charge in [-0.15, -0.1) is 6.58 Å². The summed E-state index contributed by atoms with van der Waals surface area (Å²) in [6.45, 7) is 7.75. The van der Waals surface area contributed by atoms with Gasteiger partial charge in [-0.05, 0) is 92.2 Å². The van der Waals surface area contributed by atoms with Crippen LogP contribution in [0.1, 0.15) is 94.6 Å². The summed E-state index contributed by atoms with van der Waals surface area (Å²) in [6.07, 6.45) is 10.6. The lowest BCUT2D eigenvalue weighted by Gasteiger charge is -2.60. The minimum Gasteiger partial charge on any atom is -0.459 e. The van der Waals surface area contributed by atoms with Gasteiger partial charge in [0.05, 0.1) is 49.0 Å². The van der Waals surface area contributed by atoms with Crippen molar-refractivity contribution in [1.29, 1.82) is 0 Å². The lowest BCUT2D eigenvalue weighted by Crippen LogP contribution is -2.70. The molecule has 0 spiro atoms. The van der Waals surface area contributed by atoms with Crippen molar-refractivity contribution < 1.29 is 53.2 Å². The van der Waals surface area contributed by atoms with Gasteiger partial charge in [-0.3, -0.25) is 15.0 Å². The second kappa shape index (κ2) is 23.9. The first-order valence-electron chi connectivity index (χ1n) is 23.6. The molecule has 1 saturated carbocycles. The molecule has 2 N–H and O–H groups in total. The minimum absolute atomic E-state index is 0.0103. The third-order valence-electron chi connectivity index (χ3n) is 13.0. The molecule has 66 heavy (non-hydrogen) atoms. The molecular weight excluding hydrogens is 847 g/mol. The topological polar surface area (TPSA) is 181 Å². The van der Waals surface area contributed by atoms with Gasteiger partial charge in [0.25, 0.3) is 5.69 Å². The van der Waals surface area contributed by atoms with E-state index in [2.05, 4.69) is 12.7 Å². The maximum absolute atomic E-state index is 14.6. The SMILES string of the molecule is C=CCOC12Oc3ccc(Oc4cccc([N+](=O)[O-])c4)cc3C3C(CCCCO)C(CCCCO)C=C(C(=NOC4CCCCO4)CC1N(CCC)C(=O)OCCOCc1ccccc1)C32. The zero-order chi connectivity index (χ0) is 46.3. The number of nitro groups is 1. The zero-order valence-electron chi connectivity index (χ0n) is 38.0. The van der Waals surface area contributed by atoms with Crippen LogP contribution in [0, 0.1) is 27.9 Å². The molecule has 2 aliphatic heterocycles. The number of aliphatic hydroxyl groups excluding tert-OH is 2. The van der Waals surface area contributed by atoms with Crippen LogP contribution in [0.25, 0.3) is 0 Å². The van der Waals surface area contributed by atoms with Gasteiger partial charge < -0.3 is 43.5 Å². The predicted molar refractivity (Wildman–Crippen MR) is 247 cm³/mol. The Morgan fingerprint density at radius 1 is 1.00 bits per heavy atom. The Balaban J connectivity index is 1.35. The number of allylic oxidation sites excluding steroid dienone is 1. The summed E-state index contributed by atoms with van der Waals surface area (Å²) in [5.74, 6) is -1.04. The number of oxime groups is 1. The molecule has 1 amide bonds. The van der Waals surface area contributed by atoms with Crippen molar-refractivity contribution in [2.24, 2.45) is 22.9 Å². The first-order valence-corrected chi connectivity index (χ1v) is 23.6. The van der Waals surface area contributed by atoms with Crippen LogP contribution in [0.15, 0.2) is 102 Å². The number of carbonyl (C=O) groups is 1. The number of fused-ring (bicyclic) bond motifs is 2. The lowest BCUT2D eigenvalue weighted by atomic mass is 9.55. The highest BCUT2D eigenvalue weighted by Gasteiger charge is 2.65. The van der Waals surface area contributed by atoms with Gasteiger partial charge in [0, 0.05) is 50.1 Å². The number of unbranched alkanes of at least 4 members (excludes halogenated alkanes) is 2. The van der Waals surface area contributed by atoms with Gasteiger partial charge in [0.2, 0.25) is 12.1 Å². The summed E-state index contributed by atoms with van der Waals surface area (Å²) in [6, 6.07) is 20.7. The van der Waals surface area contributed by atoms with Crippen molar-refractivity contribution in [2.75, 3.05) is 46.2 Å². The number of hydrogen-bond acceptors (Lipinski definition) is 13. The van der Waals surface area contributed by atoms with Crippen molar-refractivity contribution >= 4 is 17.5 Å². The smallest absolute Gasteiger partial charge is 0.410 e. The second-order valence-electron chi connectivity index (χ2n) is 17.4. The molecule has 7 rings (SSSR count). The van der Waals surface area contributed by atoms with E-state index in [1.807, 2.05) is 49.4 Å². The maximum atomic E-state index is 14.6. The molecule has 15 heteroatoms. The van der Waals surface area contributed by atoms with Crippen molar-refractivity contribution in [2.45, 2.75) is 108 Å². The molecule has 7 unspecified atom stereocenters. The average Bonchev–Trinajstić information content (AvgIpc) is 3.33. The van der Waals surface area contributed by atoms with Crippen molar-refractivity contribution in [3.8, 4) is 17.2 Å². The molecule has 4 aliphatic rings. The van der Waals surface area contributed by atoms with Crippen molar-refractivity contribution in [1.82, 2.24) is 4.90 Å². The van der Waals surface area contributed by atoms with Crippen molar-refractivity contribution in [3.63, 3.8) is 0 Å². The fourth-order valence-electron chi connectivity index (χ4n) is 10.1. The van der Waals surface area contributed by atoms with E-state index >= 15 is 0 Å². The second-order valence-corrected chi connectivity index (χ2v) is 17.4. The normalized spacial score (nSPS) is 24.8. The number of amides is 1. The number of nitrogens with zero attached hydrogens (tertiary/aromatic N) is 3.